The highest BCUT2D eigenvalue weighted by Crippen LogP contribution is 2.39. The maximum absolute atomic E-state index is 12.6. The molecule has 0 fully saturated rings. The lowest BCUT2D eigenvalue weighted by Gasteiger charge is -2.24. The highest BCUT2D eigenvalue weighted by molar-refractivity contribution is 6.28. The molecule has 0 saturated heterocycles. The minimum Gasteiger partial charge on any atom is -0.497 e. The quantitative estimate of drug-likeness (QED) is 0.775. The van der Waals surface area contributed by atoms with Crippen LogP contribution in [0.4, 0.5) is 0 Å². The molecule has 2 aliphatic carbocycles. The van der Waals surface area contributed by atoms with Gasteiger partial charge < -0.3 is 9.47 Å². The normalized spacial score (nSPS) is 16.9. The van der Waals surface area contributed by atoms with Gasteiger partial charge in [-0.2, -0.15) is 0 Å². The minimum absolute atomic E-state index is 0.101. The van der Waals surface area contributed by atoms with Crippen LogP contribution in [0.2, 0.25) is 0 Å². The fraction of sp³-hybridized carbons (Fsp3) is 0.250. The number of carbonyl (C=O) groups excluding carboxylic acids is 2. The third-order valence-electron chi connectivity index (χ3n) is 3.73. The Hall–Kier alpha value is -2.36. The van der Waals surface area contributed by atoms with Gasteiger partial charge in [-0.15, -0.1) is 0 Å². The molecule has 0 heterocycles. The Bertz CT molecular complexity index is 680. The summed E-state index contributed by atoms with van der Waals surface area (Å²) in [6.45, 7) is 0. The molecule has 0 saturated carbocycles. The van der Waals surface area contributed by atoms with Crippen molar-refractivity contribution in [1.29, 1.82) is 0 Å². The molecule has 1 aromatic carbocycles. The van der Waals surface area contributed by atoms with Gasteiger partial charge in [0.1, 0.15) is 11.5 Å². The molecule has 102 valence electrons. The summed E-state index contributed by atoms with van der Waals surface area (Å²) < 4.78 is 10.4. The van der Waals surface area contributed by atoms with Crippen molar-refractivity contribution in [3.05, 3.63) is 46.6 Å². The predicted molar refractivity (Wildman–Crippen MR) is 73.6 cm³/mol. The van der Waals surface area contributed by atoms with Gasteiger partial charge in [0, 0.05) is 22.8 Å². The first kappa shape index (κ1) is 12.7. The van der Waals surface area contributed by atoms with Crippen LogP contribution >= 0.6 is 0 Å². The number of hydrogen-bond acceptors (Lipinski definition) is 4. The molecule has 3 rings (SSSR count). The molecule has 1 aromatic rings. The Morgan fingerprint density at radius 2 is 1.55 bits per heavy atom. The molecule has 0 amide bonds. The van der Waals surface area contributed by atoms with Gasteiger partial charge in [0.2, 0.25) is 0 Å². The van der Waals surface area contributed by atoms with Gasteiger partial charge in [0.25, 0.3) is 0 Å². The van der Waals surface area contributed by atoms with E-state index in [1.54, 1.807) is 12.1 Å². The lowest BCUT2D eigenvalue weighted by molar-refractivity contribution is 0.0967. The number of Topliss-reactive ketones (excluding diaryl/α,β-unsaturated/α-hetero) is 2. The van der Waals surface area contributed by atoms with Crippen LogP contribution in [-0.2, 0) is 0 Å². The zero-order valence-corrected chi connectivity index (χ0v) is 11.4. The average molecular weight is 270 g/mol. The standard InChI is InChI=1S/C16H14O4/c1-19-9-7-12-14(13(8-9)20-2)16(18)11-6-4-3-5-10(11)15(12)17/h3-4,7-8H,5-6H2,1-2H3. The highest BCUT2D eigenvalue weighted by Gasteiger charge is 2.34. The monoisotopic (exact) mass is 270 g/mol. The second kappa shape index (κ2) is 4.63. The van der Waals surface area contributed by atoms with Crippen LogP contribution in [0.15, 0.2) is 35.4 Å². The third kappa shape index (κ3) is 1.68. The first-order chi connectivity index (χ1) is 9.67. The Kier molecular flexibility index (Phi) is 2.93. The van der Waals surface area contributed by atoms with Gasteiger partial charge in [0.15, 0.2) is 11.6 Å². The largest absolute Gasteiger partial charge is 0.497 e. The third-order valence-corrected chi connectivity index (χ3v) is 3.73. The molecule has 0 bridgehead atoms. The van der Waals surface area contributed by atoms with Crippen LogP contribution in [0.25, 0.3) is 0 Å². The lowest BCUT2D eigenvalue weighted by Crippen LogP contribution is -2.24. The summed E-state index contributed by atoms with van der Waals surface area (Å²) in [4.78, 5) is 25.2. The average Bonchev–Trinajstić information content (AvgIpc) is 2.51. The van der Waals surface area contributed by atoms with Gasteiger partial charge in [-0.1, -0.05) is 12.2 Å². The van der Waals surface area contributed by atoms with Crippen LogP contribution in [0.5, 0.6) is 11.5 Å². The van der Waals surface area contributed by atoms with Crippen LogP contribution in [-0.4, -0.2) is 25.8 Å². The summed E-state index contributed by atoms with van der Waals surface area (Å²) in [6.07, 6.45) is 4.87. The van der Waals surface area contributed by atoms with E-state index >= 15 is 0 Å². The molecule has 0 unspecified atom stereocenters. The van der Waals surface area contributed by atoms with E-state index < -0.39 is 0 Å². The smallest absolute Gasteiger partial charge is 0.194 e. The number of ketones is 2. The summed E-state index contributed by atoms with van der Waals surface area (Å²) in [5.41, 5.74) is 1.92. The molecule has 0 atom stereocenters. The second-order valence-corrected chi connectivity index (χ2v) is 4.75. The Morgan fingerprint density at radius 3 is 2.15 bits per heavy atom. The van der Waals surface area contributed by atoms with Gasteiger partial charge in [-0.3, -0.25) is 9.59 Å². The van der Waals surface area contributed by atoms with Crippen LogP contribution in [0.1, 0.15) is 33.6 Å². The molecule has 2 aliphatic rings. The van der Waals surface area contributed by atoms with Crippen LogP contribution in [0.3, 0.4) is 0 Å². The number of hydrogen-bond donors (Lipinski definition) is 0. The molecule has 0 spiro atoms. The number of ether oxygens (including phenoxy) is 2. The van der Waals surface area contributed by atoms with Crippen LogP contribution < -0.4 is 9.47 Å². The molecule has 20 heavy (non-hydrogen) atoms. The molecule has 0 N–H and O–H groups in total. The molecule has 0 radical (unpaired) electrons. The maximum Gasteiger partial charge on any atom is 0.194 e. The van der Waals surface area contributed by atoms with Crippen molar-refractivity contribution in [2.75, 3.05) is 14.2 Å². The topological polar surface area (TPSA) is 52.6 Å². The molecule has 4 nitrogen and oxygen atoms in total. The van der Waals surface area contributed by atoms with E-state index in [2.05, 4.69) is 0 Å². The molecule has 4 heteroatoms. The van der Waals surface area contributed by atoms with E-state index in [4.69, 9.17) is 9.47 Å². The van der Waals surface area contributed by atoms with E-state index in [9.17, 15) is 9.59 Å². The maximum atomic E-state index is 12.6. The van der Waals surface area contributed by atoms with E-state index in [-0.39, 0.29) is 11.6 Å². The SMILES string of the molecule is COc1cc(OC)c2c(c1)C(=O)C1=C(CC=CC1)C2=O. The summed E-state index contributed by atoms with van der Waals surface area (Å²) >= 11 is 0. The summed E-state index contributed by atoms with van der Waals surface area (Å²) in [5.74, 6) is 0.686. The van der Waals surface area contributed by atoms with E-state index in [0.717, 1.165) is 0 Å². The minimum atomic E-state index is -0.113. The fourth-order valence-corrected chi connectivity index (χ4v) is 2.70. The van der Waals surface area contributed by atoms with Gasteiger partial charge >= 0.3 is 0 Å². The van der Waals surface area contributed by atoms with E-state index in [1.165, 1.54) is 14.2 Å². The molecular weight excluding hydrogens is 256 g/mol. The number of fused-ring (bicyclic) bond motifs is 1. The first-order valence-electron chi connectivity index (χ1n) is 6.39. The van der Waals surface area contributed by atoms with Gasteiger partial charge in [-0.25, -0.2) is 0 Å². The number of rotatable bonds is 2. The number of methoxy groups -OCH3 is 2. The Labute approximate surface area is 116 Å². The molecule has 0 aliphatic heterocycles. The second-order valence-electron chi connectivity index (χ2n) is 4.75. The van der Waals surface area contributed by atoms with Crippen molar-refractivity contribution in [2.45, 2.75) is 12.8 Å². The zero-order chi connectivity index (χ0) is 14.3. The van der Waals surface area contributed by atoms with Crippen molar-refractivity contribution in [1.82, 2.24) is 0 Å². The Morgan fingerprint density at radius 1 is 0.900 bits per heavy atom. The summed E-state index contributed by atoms with van der Waals surface area (Å²) in [5, 5.41) is 0. The zero-order valence-electron chi connectivity index (χ0n) is 11.4. The summed E-state index contributed by atoms with van der Waals surface area (Å²) in [6, 6.07) is 3.24. The van der Waals surface area contributed by atoms with Crippen molar-refractivity contribution in [3.63, 3.8) is 0 Å². The van der Waals surface area contributed by atoms with E-state index in [1.807, 2.05) is 12.2 Å². The van der Waals surface area contributed by atoms with E-state index in [0.29, 0.717) is 46.6 Å². The lowest BCUT2D eigenvalue weighted by atomic mass is 9.79. The van der Waals surface area contributed by atoms with Crippen molar-refractivity contribution in [2.24, 2.45) is 0 Å². The van der Waals surface area contributed by atoms with Crippen molar-refractivity contribution in [3.8, 4) is 11.5 Å². The van der Waals surface area contributed by atoms with Gasteiger partial charge in [-0.05, 0) is 18.9 Å². The number of allylic oxidation sites excluding steroid dienone is 4. The van der Waals surface area contributed by atoms with Crippen molar-refractivity contribution < 1.29 is 19.1 Å². The highest BCUT2D eigenvalue weighted by atomic mass is 16.5. The molecule has 0 aromatic heterocycles. The molecular formula is C16H14O4. The summed E-state index contributed by atoms with van der Waals surface area (Å²) in [7, 11) is 3.00. The van der Waals surface area contributed by atoms with Crippen molar-refractivity contribution >= 4 is 11.6 Å². The fourth-order valence-electron chi connectivity index (χ4n) is 2.70. The van der Waals surface area contributed by atoms with Gasteiger partial charge in [0.05, 0.1) is 19.8 Å². The number of benzene rings is 1. The van der Waals surface area contributed by atoms with Crippen LogP contribution in [0, 0.1) is 0 Å². The first-order valence-corrected chi connectivity index (χ1v) is 6.39. The predicted octanol–water partition coefficient (Wildman–Crippen LogP) is 2.73. The Balaban J connectivity index is 2.24. The number of carbonyl (C=O) groups is 2.